The van der Waals surface area contributed by atoms with Gasteiger partial charge in [0, 0.05) is 29.4 Å². The Morgan fingerprint density at radius 1 is 1.14 bits per heavy atom. The molecule has 0 bridgehead atoms. The molecule has 5 aromatic rings. The predicted molar refractivity (Wildman–Crippen MR) is 142 cm³/mol. The van der Waals surface area contributed by atoms with Crippen LogP contribution >= 0.6 is 11.3 Å². The number of nitrogen functional groups attached to an aromatic ring is 1. The van der Waals surface area contributed by atoms with E-state index in [2.05, 4.69) is 32.8 Å². The van der Waals surface area contributed by atoms with Gasteiger partial charge < -0.3 is 21.3 Å². The van der Waals surface area contributed by atoms with E-state index in [0.29, 0.717) is 10.7 Å². The van der Waals surface area contributed by atoms with Crippen molar-refractivity contribution in [1.29, 1.82) is 0 Å². The molecule has 0 radical (unpaired) electrons. The van der Waals surface area contributed by atoms with E-state index in [1.807, 2.05) is 36.1 Å². The summed E-state index contributed by atoms with van der Waals surface area (Å²) in [5.74, 6) is -1.03. The third-order valence-electron chi connectivity index (χ3n) is 5.52. The summed E-state index contributed by atoms with van der Waals surface area (Å²) in [6.45, 7) is 0.832. The van der Waals surface area contributed by atoms with Crippen LogP contribution in [0.2, 0.25) is 0 Å². The maximum Gasteiger partial charge on any atom is 0.255 e. The van der Waals surface area contributed by atoms with Crippen LogP contribution in [0.5, 0.6) is 0 Å². The lowest BCUT2D eigenvalue weighted by molar-refractivity contribution is 0.102. The molecule has 1 amide bonds. The SMILES string of the molecule is CN(C)Cc1ccc2ncc(-c3csc(Nc4ccc(C(=O)Nc5c(N)cccc5F)cc4)n3)n2c1. The highest BCUT2D eigenvalue weighted by molar-refractivity contribution is 7.14. The Bertz CT molecular complexity index is 1520. The number of benzene rings is 2. The number of rotatable bonds is 7. The average Bonchev–Trinajstić information content (AvgIpc) is 3.48. The lowest BCUT2D eigenvalue weighted by atomic mass is 10.2. The highest BCUT2D eigenvalue weighted by Crippen LogP contribution is 2.28. The second-order valence-electron chi connectivity index (χ2n) is 8.55. The van der Waals surface area contributed by atoms with Gasteiger partial charge in [-0.15, -0.1) is 11.3 Å². The first-order chi connectivity index (χ1) is 17.4. The summed E-state index contributed by atoms with van der Waals surface area (Å²) in [4.78, 5) is 23.9. The molecule has 10 heteroatoms. The van der Waals surface area contributed by atoms with Crippen LogP contribution in [0.25, 0.3) is 17.0 Å². The predicted octanol–water partition coefficient (Wildman–Crippen LogP) is 5.24. The van der Waals surface area contributed by atoms with Gasteiger partial charge in [-0.05, 0) is 62.1 Å². The highest BCUT2D eigenvalue weighted by atomic mass is 32.1. The van der Waals surface area contributed by atoms with Crippen molar-refractivity contribution in [1.82, 2.24) is 19.3 Å². The number of hydrogen-bond acceptors (Lipinski definition) is 7. The Hall–Kier alpha value is -4.28. The van der Waals surface area contributed by atoms with Gasteiger partial charge in [-0.1, -0.05) is 12.1 Å². The second-order valence-corrected chi connectivity index (χ2v) is 9.40. The molecule has 5 rings (SSSR count). The molecule has 0 unspecified atom stereocenters. The molecule has 3 heterocycles. The largest absolute Gasteiger partial charge is 0.397 e. The van der Waals surface area contributed by atoms with Crippen LogP contribution in [0.4, 0.5) is 26.6 Å². The van der Waals surface area contributed by atoms with Crippen molar-refractivity contribution in [2.75, 3.05) is 30.5 Å². The van der Waals surface area contributed by atoms with E-state index in [0.717, 1.165) is 29.3 Å². The number of amides is 1. The number of para-hydroxylation sites is 1. The van der Waals surface area contributed by atoms with E-state index in [1.165, 1.54) is 35.1 Å². The Morgan fingerprint density at radius 2 is 1.94 bits per heavy atom. The van der Waals surface area contributed by atoms with E-state index in [4.69, 9.17) is 10.7 Å². The number of nitrogens with zero attached hydrogens (tertiary/aromatic N) is 4. The maximum absolute atomic E-state index is 14.0. The summed E-state index contributed by atoms with van der Waals surface area (Å²) >= 11 is 1.48. The zero-order chi connectivity index (χ0) is 25.2. The Kier molecular flexibility index (Phi) is 6.36. The quantitative estimate of drug-likeness (QED) is 0.264. The van der Waals surface area contributed by atoms with Gasteiger partial charge in [0.25, 0.3) is 5.91 Å². The highest BCUT2D eigenvalue weighted by Gasteiger charge is 2.13. The van der Waals surface area contributed by atoms with Gasteiger partial charge in [-0.2, -0.15) is 0 Å². The zero-order valence-electron chi connectivity index (χ0n) is 19.7. The molecule has 0 saturated carbocycles. The first kappa shape index (κ1) is 23.5. The number of pyridine rings is 1. The minimum absolute atomic E-state index is 0.0266. The summed E-state index contributed by atoms with van der Waals surface area (Å²) in [6.07, 6.45) is 3.91. The Balaban J connectivity index is 1.30. The van der Waals surface area contributed by atoms with E-state index >= 15 is 0 Å². The van der Waals surface area contributed by atoms with Crippen molar-refractivity contribution in [2.24, 2.45) is 0 Å². The molecule has 8 nitrogen and oxygen atoms in total. The number of fused-ring (bicyclic) bond motifs is 1. The topological polar surface area (TPSA) is 101 Å². The summed E-state index contributed by atoms with van der Waals surface area (Å²) in [6, 6.07) is 15.2. The Labute approximate surface area is 211 Å². The van der Waals surface area contributed by atoms with Crippen molar-refractivity contribution < 1.29 is 9.18 Å². The fourth-order valence-corrected chi connectivity index (χ4v) is 4.53. The van der Waals surface area contributed by atoms with Crippen molar-refractivity contribution in [2.45, 2.75) is 6.54 Å². The number of hydrogen-bond donors (Lipinski definition) is 3. The number of thiazole rings is 1. The summed E-state index contributed by atoms with van der Waals surface area (Å²) in [7, 11) is 4.07. The van der Waals surface area contributed by atoms with E-state index in [1.54, 1.807) is 24.3 Å². The fourth-order valence-electron chi connectivity index (χ4n) is 3.81. The van der Waals surface area contributed by atoms with Crippen molar-refractivity contribution in [3.05, 3.63) is 89.3 Å². The minimum Gasteiger partial charge on any atom is -0.397 e. The number of halogens is 1. The summed E-state index contributed by atoms with van der Waals surface area (Å²) in [5, 5.41) is 8.48. The summed E-state index contributed by atoms with van der Waals surface area (Å²) in [5.41, 5.74) is 10.8. The first-order valence-corrected chi connectivity index (χ1v) is 12.0. The van der Waals surface area contributed by atoms with Crippen LogP contribution in [0.15, 0.2) is 72.4 Å². The van der Waals surface area contributed by atoms with Gasteiger partial charge >= 0.3 is 0 Å². The fraction of sp³-hybridized carbons (Fsp3) is 0.115. The van der Waals surface area contributed by atoms with Gasteiger partial charge in [0.15, 0.2) is 5.13 Å². The van der Waals surface area contributed by atoms with Gasteiger partial charge in [0.05, 0.1) is 17.6 Å². The number of nitrogens with one attached hydrogen (secondary N) is 2. The smallest absolute Gasteiger partial charge is 0.255 e. The molecule has 0 fully saturated rings. The number of anilines is 4. The van der Waals surface area contributed by atoms with Gasteiger partial charge in [0.2, 0.25) is 0 Å². The van der Waals surface area contributed by atoms with Gasteiger partial charge in [-0.25, -0.2) is 14.4 Å². The van der Waals surface area contributed by atoms with Crippen molar-refractivity contribution in [3.63, 3.8) is 0 Å². The van der Waals surface area contributed by atoms with Crippen molar-refractivity contribution in [3.8, 4) is 11.4 Å². The number of imidazole rings is 1. The monoisotopic (exact) mass is 501 g/mol. The van der Waals surface area contributed by atoms with Crippen LogP contribution in [0, 0.1) is 5.82 Å². The van der Waals surface area contributed by atoms with E-state index < -0.39 is 11.7 Å². The molecule has 0 aliphatic heterocycles. The Morgan fingerprint density at radius 3 is 2.69 bits per heavy atom. The lowest BCUT2D eigenvalue weighted by Gasteiger charge is -2.10. The molecule has 0 saturated heterocycles. The zero-order valence-corrected chi connectivity index (χ0v) is 20.5. The number of nitrogens with two attached hydrogens (primary N) is 1. The molecule has 3 aromatic heterocycles. The standard InChI is InChI=1S/C26H24FN7OS/c1-33(2)13-16-6-11-23-29-12-22(34(23)14-16)21-15-36-26(31-21)30-18-9-7-17(8-10-18)25(35)32-24-19(27)4-3-5-20(24)28/h3-12,14-15H,13,28H2,1-2H3,(H,30,31)(H,32,35). The first-order valence-electron chi connectivity index (χ1n) is 11.2. The van der Waals surface area contributed by atoms with Gasteiger partial charge in [0.1, 0.15) is 22.8 Å². The molecule has 182 valence electrons. The molecular formula is C26H24FN7OS. The summed E-state index contributed by atoms with van der Waals surface area (Å²) < 4.78 is 16.0. The molecule has 0 atom stereocenters. The van der Waals surface area contributed by atoms with E-state index in [9.17, 15) is 9.18 Å². The van der Waals surface area contributed by atoms with E-state index in [-0.39, 0.29) is 11.4 Å². The van der Waals surface area contributed by atoms with Crippen LogP contribution in [-0.4, -0.2) is 39.3 Å². The van der Waals surface area contributed by atoms with Crippen LogP contribution in [0.1, 0.15) is 15.9 Å². The van der Waals surface area contributed by atoms with Crippen LogP contribution < -0.4 is 16.4 Å². The number of carbonyl (C=O) groups is 1. The van der Waals surface area contributed by atoms with Gasteiger partial charge in [-0.3, -0.25) is 9.20 Å². The minimum atomic E-state index is -0.582. The van der Waals surface area contributed by atoms with Crippen LogP contribution in [0.3, 0.4) is 0 Å². The number of carbonyl (C=O) groups excluding carboxylic acids is 1. The van der Waals surface area contributed by atoms with Crippen molar-refractivity contribution >= 4 is 45.1 Å². The average molecular weight is 502 g/mol. The molecule has 0 aliphatic carbocycles. The second kappa shape index (κ2) is 9.76. The molecule has 4 N–H and O–H groups in total. The molecule has 0 aliphatic rings. The third-order valence-corrected chi connectivity index (χ3v) is 6.27. The maximum atomic E-state index is 14.0. The molecule has 2 aromatic carbocycles. The molecule has 36 heavy (non-hydrogen) atoms. The molecular weight excluding hydrogens is 477 g/mol. The third kappa shape index (κ3) is 4.90. The number of aromatic nitrogens is 3. The van der Waals surface area contributed by atoms with Crippen LogP contribution in [-0.2, 0) is 6.54 Å². The molecule has 0 spiro atoms. The lowest BCUT2D eigenvalue weighted by Crippen LogP contribution is -2.14. The normalized spacial score (nSPS) is 11.2.